The van der Waals surface area contributed by atoms with Crippen LogP contribution in [0, 0.1) is 27.7 Å². The topological polar surface area (TPSA) is 105 Å². The Labute approximate surface area is 149 Å². The Balaban J connectivity index is 2.09. The number of fused-ring (bicyclic) bond motifs is 1. The molecule has 1 N–H and O–H groups in total. The van der Waals surface area contributed by atoms with Crippen LogP contribution in [0.3, 0.4) is 0 Å². The van der Waals surface area contributed by atoms with E-state index < -0.39 is 15.8 Å². The van der Waals surface area contributed by atoms with Crippen LogP contribution in [0.1, 0.15) is 32.4 Å². The summed E-state index contributed by atoms with van der Waals surface area (Å²) >= 11 is 1.30. The number of sulfonamides is 1. The molecular formula is C15H17N5O3S2. The Morgan fingerprint density at radius 1 is 1.08 bits per heavy atom. The molecule has 25 heavy (non-hydrogen) atoms. The van der Waals surface area contributed by atoms with E-state index in [0.717, 1.165) is 20.9 Å². The van der Waals surface area contributed by atoms with Crippen LogP contribution < -0.4 is 9.62 Å². The van der Waals surface area contributed by atoms with Gasteiger partial charge in [-0.05, 0) is 33.3 Å². The van der Waals surface area contributed by atoms with Crippen molar-refractivity contribution in [3.05, 3.63) is 38.8 Å². The monoisotopic (exact) mass is 379 g/mol. The second-order valence-electron chi connectivity index (χ2n) is 5.67. The average molecular weight is 379 g/mol. The standard InChI is InChI=1S/C15H17N5O3S2/c1-7-8(2)24-14-12(7)13(21)11(25(22,23)20(14)5)6-16-15-18-9(3)17-10(4)19-15/h6H,1-5H3,(H,16,17,18,19)/b11-6+. The molecule has 2 aromatic heterocycles. The van der Waals surface area contributed by atoms with Crippen LogP contribution >= 0.6 is 11.3 Å². The molecule has 0 aromatic carbocycles. The maximum absolute atomic E-state index is 12.8. The van der Waals surface area contributed by atoms with Gasteiger partial charge < -0.3 is 5.32 Å². The molecule has 0 bridgehead atoms. The van der Waals surface area contributed by atoms with Crippen molar-refractivity contribution in [3.63, 3.8) is 0 Å². The Bertz CT molecular complexity index is 1000. The fourth-order valence-corrected chi connectivity index (χ4v) is 5.12. The second-order valence-corrected chi connectivity index (χ2v) is 8.81. The molecule has 0 fully saturated rings. The number of carbonyl (C=O) groups is 1. The van der Waals surface area contributed by atoms with Gasteiger partial charge in [0.15, 0.2) is 4.91 Å². The number of hydrogen-bond acceptors (Lipinski definition) is 8. The number of aromatic nitrogens is 3. The first-order valence-corrected chi connectivity index (χ1v) is 9.68. The second kappa shape index (κ2) is 5.88. The number of anilines is 2. The lowest BCUT2D eigenvalue weighted by molar-refractivity contribution is 0.104. The Morgan fingerprint density at radius 3 is 2.28 bits per heavy atom. The van der Waals surface area contributed by atoms with E-state index >= 15 is 0 Å². The largest absolute Gasteiger partial charge is 0.329 e. The molecule has 0 aliphatic carbocycles. The molecule has 0 unspecified atom stereocenters. The minimum absolute atomic E-state index is 0.187. The molecule has 0 saturated carbocycles. The number of hydrogen-bond donors (Lipinski definition) is 1. The highest BCUT2D eigenvalue weighted by molar-refractivity contribution is 7.98. The lowest BCUT2D eigenvalue weighted by Gasteiger charge is -2.25. The number of ketones is 1. The molecule has 2 aromatic rings. The molecule has 1 aliphatic heterocycles. The van der Waals surface area contributed by atoms with Gasteiger partial charge in [-0.3, -0.25) is 9.10 Å². The first-order chi connectivity index (χ1) is 11.6. The van der Waals surface area contributed by atoms with Crippen LogP contribution in [0.25, 0.3) is 0 Å². The summed E-state index contributed by atoms with van der Waals surface area (Å²) in [4.78, 5) is 25.6. The fraction of sp³-hybridized carbons (Fsp3) is 0.333. The number of thiophene rings is 1. The molecule has 10 heteroatoms. The third-order valence-electron chi connectivity index (χ3n) is 3.93. The number of allylic oxidation sites excluding steroid dienone is 1. The molecule has 0 amide bonds. The Kier molecular flexibility index (Phi) is 4.12. The number of Topliss-reactive ketones (excluding diaryl/α,β-unsaturated/α-hetero) is 1. The van der Waals surface area contributed by atoms with Crippen molar-refractivity contribution in [1.82, 2.24) is 15.0 Å². The summed E-state index contributed by atoms with van der Waals surface area (Å²) in [7, 11) is -2.49. The van der Waals surface area contributed by atoms with Gasteiger partial charge in [0.05, 0.1) is 5.56 Å². The van der Waals surface area contributed by atoms with Gasteiger partial charge in [0.2, 0.25) is 11.7 Å². The minimum atomic E-state index is -3.94. The number of nitrogens with zero attached hydrogens (tertiary/aromatic N) is 4. The zero-order chi connectivity index (χ0) is 18.5. The fourth-order valence-electron chi connectivity index (χ4n) is 2.55. The minimum Gasteiger partial charge on any atom is -0.329 e. The van der Waals surface area contributed by atoms with E-state index in [1.165, 1.54) is 18.4 Å². The van der Waals surface area contributed by atoms with E-state index in [1.54, 1.807) is 13.8 Å². The molecule has 0 spiro atoms. The van der Waals surface area contributed by atoms with Crippen molar-refractivity contribution in [1.29, 1.82) is 0 Å². The van der Waals surface area contributed by atoms with E-state index in [1.807, 2.05) is 13.8 Å². The third-order valence-corrected chi connectivity index (χ3v) is 7.10. The lowest BCUT2D eigenvalue weighted by atomic mass is 10.1. The van der Waals surface area contributed by atoms with E-state index in [9.17, 15) is 13.2 Å². The Hall–Kier alpha value is -2.33. The molecule has 8 nitrogen and oxygen atoms in total. The van der Waals surface area contributed by atoms with Crippen molar-refractivity contribution in [2.75, 3.05) is 16.7 Å². The maximum Gasteiger partial charge on any atom is 0.270 e. The summed E-state index contributed by atoms with van der Waals surface area (Å²) in [5.74, 6) is 0.655. The van der Waals surface area contributed by atoms with Gasteiger partial charge in [-0.25, -0.2) is 13.4 Å². The van der Waals surface area contributed by atoms with Gasteiger partial charge in [-0.1, -0.05) is 0 Å². The molecular weight excluding hydrogens is 362 g/mol. The molecule has 0 atom stereocenters. The predicted molar refractivity (Wildman–Crippen MR) is 96.5 cm³/mol. The van der Waals surface area contributed by atoms with Gasteiger partial charge in [-0.2, -0.15) is 9.97 Å². The summed E-state index contributed by atoms with van der Waals surface area (Å²) in [5.41, 5.74) is 1.22. The molecule has 1 aliphatic rings. The number of nitrogens with one attached hydrogen (secondary N) is 1. The maximum atomic E-state index is 12.8. The van der Waals surface area contributed by atoms with Crippen LogP contribution in [0.4, 0.5) is 10.9 Å². The molecule has 132 valence electrons. The third kappa shape index (κ3) is 2.81. The predicted octanol–water partition coefficient (Wildman–Crippen LogP) is 2.08. The first-order valence-electron chi connectivity index (χ1n) is 7.42. The average Bonchev–Trinajstić information content (AvgIpc) is 2.80. The lowest BCUT2D eigenvalue weighted by Crippen LogP contribution is -2.36. The van der Waals surface area contributed by atoms with Gasteiger partial charge in [0.25, 0.3) is 10.0 Å². The normalized spacial score (nSPS) is 17.7. The van der Waals surface area contributed by atoms with E-state index in [0.29, 0.717) is 22.2 Å². The molecule has 3 heterocycles. The van der Waals surface area contributed by atoms with Gasteiger partial charge in [-0.15, -0.1) is 11.3 Å². The summed E-state index contributed by atoms with van der Waals surface area (Å²) in [6.45, 7) is 7.09. The summed E-state index contributed by atoms with van der Waals surface area (Å²) < 4.78 is 26.6. The first kappa shape index (κ1) is 17.5. The van der Waals surface area contributed by atoms with Crippen molar-refractivity contribution in [3.8, 4) is 0 Å². The number of carbonyl (C=O) groups excluding carboxylic acids is 1. The number of aryl methyl sites for hydroxylation is 3. The highest BCUT2D eigenvalue weighted by Crippen LogP contribution is 2.42. The van der Waals surface area contributed by atoms with E-state index in [2.05, 4.69) is 20.3 Å². The molecule has 3 rings (SSSR count). The van der Waals surface area contributed by atoms with Crippen molar-refractivity contribution < 1.29 is 13.2 Å². The van der Waals surface area contributed by atoms with Crippen LogP contribution in [0.5, 0.6) is 0 Å². The van der Waals surface area contributed by atoms with Crippen molar-refractivity contribution >= 4 is 38.1 Å². The summed E-state index contributed by atoms with van der Waals surface area (Å²) in [5, 5.41) is 3.16. The number of rotatable bonds is 2. The van der Waals surface area contributed by atoms with E-state index in [-0.39, 0.29) is 10.9 Å². The van der Waals surface area contributed by atoms with Crippen LogP contribution in [-0.2, 0) is 10.0 Å². The van der Waals surface area contributed by atoms with Crippen LogP contribution in [0.2, 0.25) is 0 Å². The van der Waals surface area contributed by atoms with Crippen molar-refractivity contribution in [2.45, 2.75) is 27.7 Å². The zero-order valence-electron chi connectivity index (χ0n) is 14.4. The van der Waals surface area contributed by atoms with Gasteiger partial charge >= 0.3 is 0 Å². The summed E-state index contributed by atoms with van der Waals surface area (Å²) in [6.07, 6.45) is 1.15. The van der Waals surface area contributed by atoms with E-state index in [4.69, 9.17) is 0 Å². The quantitative estimate of drug-likeness (QED) is 0.796. The highest BCUT2D eigenvalue weighted by atomic mass is 32.2. The smallest absolute Gasteiger partial charge is 0.270 e. The molecule has 0 saturated heterocycles. The van der Waals surface area contributed by atoms with Crippen molar-refractivity contribution in [2.24, 2.45) is 0 Å². The zero-order valence-corrected chi connectivity index (χ0v) is 16.0. The molecule has 0 radical (unpaired) electrons. The highest BCUT2D eigenvalue weighted by Gasteiger charge is 2.41. The van der Waals surface area contributed by atoms with Crippen LogP contribution in [-0.4, -0.2) is 36.2 Å². The Morgan fingerprint density at radius 2 is 1.68 bits per heavy atom. The van der Waals surface area contributed by atoms with Crippen LogP contribution in [0.15, 0.2) is 11.1 Å². The summed E-state index contributed by atoms with van der Waals surface area (Å²) in [6, 6.07) is 0. The van der Waals surface area contributed by atoms with Gasteiger partial charge in [0.1, 0.15) is 16.6 Å². The SMILES string of the molecule is Cc1nc(C)nc(N/C=C2\C(=O)c3c(sc(C)c3C)N(C)S2(=O)=O)n1. The van der Waals surface area contributed by atoms with Gasteiger partial charge in [0, 0.05) is 18.1 Å².